The van der Waals surface area contributed by atoms with E-state index in [0.29, 0.717) is 10.5 Å². The summed E-state index contributed by atoms with van der Waals surface area (Å²) in [6.07, 6.45) is 2.40. The van der Waals surface area contributed by atoms with Crippen LogP contribution in [0.25, 0.3) is 0 Å². The number of benzene rings is 1. The molecular weight excluding hydrogens is 322 g/mol. The molecule has 0 amide bonds. The van der Waals surface area contributed by atoms with Crippen molar-refractivity contribution in [1.29, 1.82) is 0 Å². The van der Waals surface area contributed by atoms with Crippen molar-refractivity contribution >= 4 is 21.6 Å². The molecule has 1 fully saturated rings. The maximum absolute atomic E-state index is 11.0. The van der Waals surface area contributed by atoms with E-state index in [2.05, 4.69) is 39.8 Å². The second-order valence-electron chi connectivity index (χ2n) is 5.48. The molecule has 0 saturated carbocycles. The van der Waals surface area contributed by atoms with Crippen molar-refractivity contribution in [2.24, 2.45) is 0 Å². The molecule has 110 valence electrons. The molecule has 20 heavy (non-hydrogen) atoms. The van der Waals surface area contributed by atoms with Gasteiger partial charge in [-0.15, -0.1) is 0 Å². The molecule has 1 aliphatic heterocycles. The van der Waals surface area contributed by atoms with Gasteiger partial charge in [0.25, 0.3) is 5.69 Å². The molecule has 5 nitrogen and oxygen atoms in total. The lowest BCUT2D eigenvalue weighted by molar-refractivity contribution is -0.385. The minimum atomic E-state index is -0.345. The Bertz CT molecular complexity index is 495. The molecule has 0 aromatic heterocycles. The molecule has 1 aliphatic rings. The summed E-state index contributed by atoms with van der Waals surface area (Å²) in [6.45, 7) is 2.94. The summed E-state index contributed by atoms with van der Waals surface area (Å²) in [5.74, 6) is 0. The van der Waals surface area contributed by atoms with E-state index in [1.54, 1.807) is 6.07 Å². The third kappa shape index (κ3) is 3.56. The van der Waals surface area contributed by atoms with Gasteiger partial charge in [-0.1, -0.05) is 12.1 Å². The number of halogens is 1. The number of nitro benzene ring substituents is 1. The number of likely N-dealkylation sites (tertiary alicyclic amines) is 1. The van der Waals surface area contributed by atoms with Crippen molar-refractivity contribution in [1.82, 2.24) is 9.80 Å². The summed E-state index contributed by atoms with van der Waals surface area (Å²) >= 11 is 3.37. The SMILES string of the molecule is CN1CCCC(N(C)Cc2cccc([N+](=O)[O-])c2Br)C1. The van der Waals surface area contributed by atoms with Gasteiger partial charge in [0.2, 0.25) is 0 Å². The average molecular weight is 342 g/mol. The summed E-state index contributed by atoms with van der Waals surface area (Å²) in [5, 5.41) is 11.0. The van der Waals surface area contributed by atoms with E-state index >= 15 is 0 Å². The molecule has 1 unspecified atom stereocenters. The third-order valence-electron chi connectivity index (χ3n) is 3.90. The van der Waals surface area contributed by atoms with Crippen LogP contribution in [0.15, 0.2) is 22.7 Å². The molecule has 0 aliphatic carbocycles. The van der Waals surface area contributed by atoms with Crippen molar-refractivity contribution in [3.63, 3.8) is 0 Å². The molecule has 0 radical (unpaired) electrons. The Morgan fingerprint density at radius 2 is 2.30 bits per heavy atom. The number of nitro groups is 1. The van der Waals surface area contributed by atoms with Crippen molar-refractivity contribution in [3.05, 3.63) is 38.3 Å². The largest absolute Gasteiger partial charge is 0.305 e. The predicted octanol–water partition coefficient (Wildman–Crippen LogP) is 2.88. The molecule has 6 heteroatoms. The zero-order chi connectivity index (χ0) is 14.7. The molecule has 0 spiro atoms. The first-order valence-electron chi connectivity index (χ1n) is 6.79. The Labute approximate surface area is 127 Å². The molecular formula is C14H20BrN3O2. The summed E-state index contributed by atoms with van der Waals surface area (Å²) in [6, 6.07) is 5.74. The molecule has 0 N–H and O–H groups in total. The van der Waals surface area contributed by atoms with Crippen LogP contribution in [0.2, 0.25) is 0 Å². The molecule has 1 heterocycles. The van der Waals surface area contributed by atoms with Gasteiger partial charge in [-0.25, -0.2) is 0 Å². The maximum atomic E-state index is 11.0. The highest BCUT2D eigenvalue weighted by Gasteiger charge is 2.23. The van der Waals surface area contributed by atoms with E-state index in [0.717, 1.165) is 25.2 Å². The average Bonchev–Trinajstić information content (AvgIpc) is 2.40. The topological polar surface area (TPSA) is 49.6 Å². The molecule has 0 bridgehead atoms. The van der Waals surface area contributed by atoms with Crippen LogP contribution in [0, 0.1) is 10.1 Å². The van der Waals surface area contributed by atoms with Gasteiger partial charge in [0.05, 0.1) is 9.40 Å². The van der Waals surface area contributed by atoms with Crippen LogP contribution in [-0.4, -0.2) is 47.9 Å². The molecule has 1 saturated heterocycles. The van der Waals surface area contributed by atoms with Crippen molar-refractivity contribution in [2.75, 3.05) is 27.2 Å². The van der Waals surface area contributed by atoms with Crippen LogP contribution >= 0.6 is 15.9 Å². The van der Waals surface area contributed by atoms with Gasteiger partial charge < -0.3 is 4.90 Å². The second-order valence-corrected chi connectivity index (χ2v) is 6.27. The fraction of sp³-hybridized carbons (Fsp3) is 0.571. The van der Waals surface area contributed by atoms with Gasteiger partial charge in [-0.05, 0) is 55.0 Å². The highest BCUT2D eigenvalue weighted by molar-refractivity contribution is 9.10. The zero-order valence-corrected chi connectivity index (χ0v) is 13.5. The molecule has 1 aromatic rings. The lowest BCUT2D eigenvalue weighted by Gasteiger charge is -2.36. The van der Waals surface area contributed by atoms with Crippen LogP contribution in [-0.2, 0) is 6.54 Å². The first kappa shape index (κ1) is 15.4. The van der Waals surface area contributed by atoms with Crippen LogP contribution in [0.5, 0.6) is 0 Å². The van der Waals surface area contributed by atoms with E-state index in [-0.39, 0.29) is 10.6 Å². The summed E-state index contributed by atoms with van der Waals surface area (Å²) < 4.78 is 0.598. The van der Waals surface area contributed by atoms with Crippen molar-refractivity contribution < 1.29 is 4.92 Å². The highest BCUT2D eigenvalue weighted by Crippen LogP contribution is 2.29. The predicted molar refractivity (Wildman–Crippen MR) is 82.8 cm³/mol. The summed E-state index contributed by atoms with van der Waals surface area (Å²) in [4.78, 5) is 15.2. The zero-order valence-electron chi connectivity index (χ0n) is 11.9. The van der Waals surface area contributed by atoms with Gasteiger partial charge >= 0.3 is 0 Å². The van der Waals surface area contributed by atoms with Crippen molar-refractivity contribution in [3.8, 4) is 0 Å². The van der Waals surface area contributed by atoms with Gasteiger partial charge in [0, 0.05) is 25.2 Å². The fourth-order valence-corrected chi connectivity index (χ4v) is 3.26. The van der Waals surface area contributed by atoms with Crippen LogP contribution in [0.1, 0.15) is 18.4 Å². The van der Waals surface area contributed by atoms with Crippen molar-refractivity contribution in [2.45, 2.75) is 25.4 Å². The number of likely N-dealkylation sites (N-methyl/N-ethyl adjacent to an activating group) is 2. The lowest BCUT2D eigenvalue weighted by atomic mass is 10.0. The quantitative estimate of drug-likeness (QED) is 0.624. The Morgan fingerprint density at radius 1 is 1.55 bits per heavy atom. The number of hydrogen-bond donors (Lipinski definition) is 0. The van der Waals surface area contributed by atoms with E-state index in [9.17, 15) is 10.1 Å². The van der Waals surface area contributed by atoms with Gasteiger partial charge in [-0.3, -0.25) is 15.0 Å². The summed E-state index contributed by atoms with van der Waals surface area (Å²) in [5.41, 5.74) is 1.10. The monoisotopic (exact) mass is 341 g/mol. The Kier molecular flexibility index (Phi) is 5.12. The third-order valence-corrected chi connectivity index (χ3v) is 4.81. The first-order valence-corrected chi connectivity index (χ1v) is 7.59. The number of nitrogens with zero attached hydrogens (tertiary/aromatic N) is 3. The highest BCUT2D eigenvalue weighted by atomic mass is 79.9. The lowest BCUT2D eigenvalue weighted by Crippen LogP contribution is -2.44. The van der Waals surface area contributed by atoms with E-state index in [1.807, 2.05) is 6.07 Å². The minimum absolute atomic E-state index is 0.136. The van der Waals surface area contributed by atoms with Crippen LogP contribution < -0.4 is 0 Å². The first-order chi connectivity index (χ1) is 9.49. The normalized spacial score (nSPS) is 20.3. The minimum Gasteiger partial charge on any atom is -0.305 e. The molecule has 2 rings (SSSR count). The maximum Gasteiger partial charge on any atom is 0.283 e. The number of hydrogen-bond acceptors (Lipinski definition) is 4. The standard InChI is InChI=1S/C14H20BrN3O2/c1-16-8-4-6-12(10-16)17(2)9-11-5-3-7-13(14(11)15)18(19)20/h3,5,7,12H,4,6,8-10H2,1-2H3. The van der Waals surface area contributed by atoms with Gasteiger partial charge in [-0.2, -0.15) is 0 Å². The van der Waals surface area contributed by atoms with Gasteiger partial charge in [0.1, 0.15) is 0 Å². The Morgan fingerprint density at radius 3 is 2.95 bits per heavy atom. The van der Waals surface area contributed by atoms with E-state index < -0.39 is 0 Å². The summed E-state index contributed by atoms with van der Waals surface area (Å²) in [7, 11) is 4.23. The van der Waals surface area contributed by atoms with Gasteiger partial charge in [0.15, 0.2) is 0 Å². The van der Waals surface area contributed by atoms with E-state index in [4.69, 9.17) is 0 Å². The smallest absolute Gasteiger partial charge is 0.283 e. The van der Waals surface area contributed by atoms with Crippen LogP contribution in [0.3, 0.4) is 0 Å². The Balaban J connectivity index is 2.09. The molecule has 1 atom stereocenters. The number of rotatable bonds is 4. The Hall–Kier alpha value is -0.980. The second kappa shape index (κ2) is 6.65. The van der Waals surface area contributed by atoms with E-state index in [1.165, 1.54) is 18.9 Å². The fourth-order valence-electron chi connectivity index (χ4n) is 2.73. The molecule has 1 aromatic carbocycles. The van der Waals surface area contributed by atoms with Crippen LogP contribution in [0.4, 0.5) is 5.69 Å². The number of piperidine rings is 1.